The number of aryl methyl sites for hydroxylation is 1. The summed E-state index contributed by atoms with van der Waals surface area (Å²) in [6, 6.07) is 16.7. The fourth-order valence-electron chi connectivity index (χ4n) is 2.15. The number of anilines is 1. The lowest BCUT2D eigenvalue weighted by atomic mass is 10.2. The van der Waals surface area contributed by atoms with Gasteiger partial charge in [0.1, 0.15) is 0 Å². The molecule has 24 heavy (non-hydrogen) atoms. The largest absolute Gasteiger partial charge is 0.538 e. The lowest BCUT2D eigenvalue weighted by Crippen LogP contribution is -2.35. The molecule has 1 N–H and O–H groups in total. The van der Waals surface area contributed by atoms with E-state index in [-0.39, 0.29) is 16.7 Å². The number of carbonyl (C=O) groups excluding carboxylic acids is 1. The van der Waals surface area contributed by atoms with Crippen molar-refractivity contribution in [3.63, 3.8) is 0 Å². The van der Waals surface area contributed by atoms with E-state index in [9.17, 15) is 9.90 Å². The van der Waals surface area contributed by atoms with Crippen LogP contribution in [-0.4, -0.2) is 16.9 Å². The average molecular weight is 341 g/mol. The van der Waals surface area contributed by atoms with Crippen LogP contribution in [0.2, 0.25) is 0 Å². The number of hydrogen-bond acceptors (Lipinski definition) is 5. The third-order valence-electron chi connectivity index (χ3n) is 3.21. The summed E-state index contributed by atoms with van der Waals surface area (Å²) in [6.07, 6.45) is 0. The van der Waals surface area contributed by atoms with Crippen molar-refractivity contribution in [2.45, 2.75) is 11.9 Å². The maximum absolute atomic E-state index is 12.1. The van der Waals surface area contributed by atoms with Crippen LogP contribution in [0.15, 0.2) is 64.1 Å². The molecule has 0 fully saturated rings. The number of amides is 1. The lowest BCUT2D eigenvalue weighted by Gasteiger charge is -2.05. The Morgan fingerprint density at radius 2 is 2.04 bits per heavy atom. The smallest absolute Gasteiger partial charge is 0.298 e. The number of benzene rings is 2. The van der Waals surface area contributed by atoms with Crippen LogP contribution in [0.1, 0.15) is 5.56 Å². The molecule has 1 aromatic heterocycles. The number of aromatic nitrogens is 2. The van der Waals surface area contributed by atoms with E-state index in [0.29, 0.717) is 5.69 Å². The van der Waals surface area contributed by atoms with E-state index in [0.717, 1.165) is 23.0 Å². The molecule has 122 valence electrons. The molecule has 0 aliphatic rings. The molecule has 0 bridgehead atoms. The summed E-state index contributed by atoms with van der Waals surface area (Å²) in [5.74, 6) is -0.685. The predicted molar refractivity (Wildman–Crippen MR) is 88.0 cm³/mol. The minimum atomic E-state index is -0.563. The highest BCUT2D eigenvalue weighted by atomic mass is 32.2. The van der Waals surface area contributed by atoms with Crippen LogP contribution in [0, 0.1) is 6.92 Å². The Hall–Kier alpha value is -2.80. The van der Waals surface area contributed by atoms with Crippen molar-refractivity contribution in [2.24, 2.45) is 0 Å². The van der Waals surface area contributed by atoms with Gasteiger partial charge in [-0.05, 0) is 41.1 Å². The molecule has 0 radical (unpaired) electrons. The maximum Gasteiger partial charge on any atom is 0.298 e. The highest BCUT2D eigenvalue weighted by Gasteiger charge is 2.21. The van der Waals surface area contributed by atoms with E-state index in [2.05, 4.69) is 10.6 Å². The molecular weight excluding hydrogens is 326 g/mol. The molecule has 0 saturated heterocycles. The van der Waals surface area contributed by atoms with Crippen molar-refractivity contribution >= 4 is 23.4 Å². The van der Waals surface area contributed by atoms with Gasteiger partial charge in [-0.25, -0.2) is 0 Å². The number of nitrogens with zero attached hydrogens (tertiary/aromatic N) is 2. The zero-order valence-corrected chi connectivity index (χ0v) is 13.7. The Bertz CT molecular complexity index is 849. The Kier molecular flexibility index (Phi) is 4.81. The molecule has 1 heterocycles. The van der Waals surface area contributed by atoms with Crippen LogP contribution >= 0.6 is 11.8 Å². The molecule has 0 atom stereocenters. The summed E-state index contributed by atoms with van der Waals surface area (Å²) in [5, 5.41) is 18.6. The minimum absolute atomic E-state index is 0.0806. The van der Waals surface area contributed by atoms with Gasteiger partial charge in [0.15, 0.2) is 5.95 Å². The van der Waals surface area contributed by atoms with Crippen LogP contribution in [0.4, 0.5) is 5.69 Å². The van der Waals surface area contributed by atoms with Gasteiger partial charge in [-0.3, -0.25) is 4.79 Å². The first-order chi connectivity index (χ1) is 11.6. The molecule has 0 unspecified atom stereocenters. The summed E-state index contributed by atoms with van der Waals surface area (Å²) in [7, 11) is 0. The molecule has 2 aromatic carbocycles. The second-order valence-corrected chi connectivity index (χ2v) is 6.08. The molecule has 6 nitrogen and oxygen atoms in total. The number of para-hydroxylation sites is 1. The molecule has 1 amide bonds. The molecular formula is C17H15N3O3S. The number of hydrogen-bond donors (Lipinski definition) is 1. The van der Waals surface area contributed by atoms with Crippen molar-refractivity contribution in [3.8, 4) is 11.6 Å². The van der Waals surface area contributed by atoms with Gasteiger partial charge in [0, 0.05) is 17.8 Å². The van der Waals surface area contributed by atoms with Crippen molar-refractivity contribution in [3.05, 3.63) is 60.2 Å². The number of thioether (sulfide) groups is 1. The Morgan fingerprint density at radius 1 is 1.25 bits per heavy atom. The quantitative estimate of drug-likeness (QED) is 0.567. The maximum atomic E-state index is 12.1. The van der Waals surface area contributed by atoms with Gasteiger partial charge in [-0.15, -0.1) is 0 Å². The van der Waals surface area contributed by atoms with E-state index in [1.807, 2.05) is 49.4 Å². The Labute approximate surface area is 143 Å². The third kappa shape index (κ3) is 3.75. The first kappa shape index (κ1) is 16.1. The predicted octanol–water partition coefficient (Wildman–Crippen LogP) is 2.06. The SMILES string of the molecule is Cc1cccc(NC(=O)CSc2c([O-])on[n+]2-c2ccccc2)c1. The summed E-state index contributed by atoms with van der Waals surface area (Å²) >= 11 is 1.09. The highest BCUT2D eigenvalue weighted by Crippen LogP contribution is 2.23. The monoisotopic (exact) mass is 341 g/mol. The van der Waals surface area contributed by atoms with Gasteiger partial charge in [0.2, 0.25) is 11.6 Å². The van der Waals surface area contributed by atoms with E-state index in [1.54, 1.807) is 12.1 Å². The summed E-state index contributed by atoms with van der Waals surface area (Å²) in [4.78, 5) is 12.1. The third-order valence-corrected chi connectivity index (χ3v) is 4.23. The fraction of sp³-hybridized carbons (Fsp3) is 0.118. The fourth-order valence-corrected chi connectivity index (χ4v) is 2.90. The summed E-state index contributed by atoms with van der Waals surface area (Å²) < 4.78 is 6.12. The van der Waals surface area contributed by atoms with Crippen molar-refractivity contribution < 1.29 is 19.1 Å². The zero-order chi connectivity index (χ0) is 16.9. The standard InChI is InChI=1S/C17H15N3O3S/c1-12-6-5-7-13(10-12)18-15(21)11-24-16-17(22)23-19-20(16)14-8-3-2-4-9-14/h2-10H,11H2,1H3,(H-,18,19,21,22). The van der Waals surface area contributed by atoms with Gasteiger partial charge < -0.3 is 14.9 Å². The van der Waals surface area contributed by atoms with Crippen LogP contribution in [-0.2, 0) is 4.79 Å². The second-order valence-electron chi connectivity index (χ2n) is 5.12. The van der Waals surface area contributed by atoms with E-state index < -0.39 is 5.95 Å². The molecule has 0 aliphatic heterocycles. The van der Waals surface area contributed by atoms with E-state index in [1.165, 1.54) is 4.68 Å². The molecule has 3 aromatic rings. The molecule has 0 spiro atoms. The average Bonchev–Trinajstić information content (AvgIpc) is 2.94. The topological polar surface area (TPSA) is 82.1 Å². The number of rotatable bonds is 5. The van der Waals surface area contributed by atoms with Gasteiger partial charge in [-0.2, -0.15) is 0 Å². The summed E-state index contributed by atoms with van der Waals surface area (Å²) in [5.41, 5.74) is 2.48. The van der Waals surface area contributed by atoms with Gasteiger partial charge in [-0.1, -0.05) is 30.3 Å². The van der Waals surface area contributed by atoms with Crippen LogP contribution in [0.5, 0.6) is 5.95 Å². The molecule has 3 rings (SSSR count). The van der Waals surface area contributed by atoms with Crippen molar-refractivity contribution in [2.75, 3.05) is 11.1 Å². The van der Waals surface area contributed by atoms with Crippen molar-refractivity contribution in [1.29, 1.82) is 0 Å². The molecule has 0 saturated carbocycles. The van der Waals surface area contributed by atoms with E-state index >= 15 is 0 Å². The van der Waals surface area contributed by atoms with Crippen LogP contribution < -0.4 is 15.1 Å². The lowest BCUT2D eigenvalue weighted by molar-refractivity contribution is -0.705. The van der Waals surface area contributed by atoms with Gasteiger partial charge >= 0.3 is 0 Å². The molecule has 7 heteroatoms. The van der Waals surface area contributed by atoms with Gasteiger partial charge in [0.05, 0.1) is 11.0 Å². The minimum Gasteiger partial charge on any atom is -0.538 e. The number of nitrogens with one attached hydrogen (secondary N) is 1. The van der Waals surface area contributed by atoms with Crippen LogP contribution in [0.25, 0.3) is 5.69 Å². The Balaban J connectivity index is 1.69. The van der Waals surface area contributed by atoms with Crippen LogP contribution in [0.3, 0.4) is 0 Å². The number of carbonyl (C=O) groups is 1. The van der Waals surface area contributed by atoms with Gasteiger partial charge in [0.25, 0.3) is 5.03 Å². The first-order valence-electron chi connectivity index (χ1n) is 7.27. The normalized spacial score (nSPS) is 10.5. The highest BCUT2D eigenvalue weighted by molar-refractivity contribution is 7.99. The molecule has 0 aliphatic carbocycles. The van der Waals surface area contributed by atoms with E-state index in [4.69, 9.17) is 4.52 Å². The second kappa shape index (κ2) is 7.18. The van der Waals surface area contributed by atoms with Crippen molar-refractivity contribution in [1.82, 2.24) is 5.27 Å². The summed E-state index contributed by atoms with van der Waals surface area (Å²) in [6.45, 7) is 1.95. The first-order valence-corrected chi connectivity index (χ1v) is 8.26. The Morgan fingerprint density at radius 3 is 2.79 bits per heavy atom. The zero-order valence-electron chi connectivity index (χ0n) is 12.9.